The van der Waals surface area contributed by atoms with Crippen LogP contribution in [0.3, 0.4) is 0 Å². The molecule has 0 bridgehead atoms. The van der Waals surface area contributed by atoms with Crippen LogP contribution in [0.4, 0.5) is 5.69 Å². The Bertz CT molecular complexity index is 500. The normalized spacial score (nSPS) is 10.5. The molecular formula is C14H19N3. The van der Waals surface area contributed by atoms with Crippen molar-refractivity contribution in [1.29, 1.82) is 0 Å². The molecule has 17 heavy (non-hydrogen) atoms. The first-order chi connectivity index (χ1) is 8.20. The zero-order chi connectivity index (χ0) is 12.3. The Kier molecular flexibility index (Phi) is 3.47. The predicted octanol–water partition coefficient (Wildman–Crippen LogP) is 2.90. The lowest BCUT2D eigenvalue weighted by molar-refractivity contribution is 0.837. The maximum Gasteiger partial charge on any atom is 0.0946 e. The molecular weight excluding hydrogens is 210 g/mol. The van der Waals surface area contributed by atoms with Crippen LogP contribution in [0, 0.1) is 6.92 Å². The van der Waals surface area contributed by atoms with Crippen molar-refractivity contribution in [3.63, 3.8) is 0 Å². The molecule has 0 unspecified atom stereocenters. The minimum absolute atomic E-state index is 0.807. The van der Waals surface area contributed by atoms with Gasteiger partial charge in [-0.05, 0) is 36.6 Å². The van der Waals surface area contributed by atoms with E-state index in [1.54, 1.807) is 0 Å². The molecule has 0 amide bonds. The highest BCUT2D eigenvalue weighted by molar-refractivity contribution is 5.48. The summed E-state index contributed by atoms with van der Waals surface area (Å²) in [7, 11) is 2.01. The Morgan fingerprint density at radius 1 is 1.35 bits per heavy atom. The summed E-state index contributed by atoms with van der Waals surface area (Å²) in [6.07, 6.45) is 4.80. The van der Waals surface area contributed by atoms with E-state index >= 15 is 0 Å². The second-order valence-electron chi connectivity index (χ2n) is 4.34. The molecule has 0 aliphatic rings. The van der Waals surface area contributed by atoms with Crippen LogP contribution in [0.2, 0.25) is 0 Å². The van der Waals surface area contributed by atoms with E-state index in [0.29, 0.717) is 0 Å². The number of hydrogen-bond acceptors (Lipinski definition) is 2. The van der Waals surface area contributed by atoms with Crippen LogP contribution >= 0.6 is 0 Å². The molecule has 0 atom stereocenters. The molecule has 3 heteroatoms. The topological polar surface area (TPSA) is 29.9 Å². The molecule has 0 fully saturated rings. The third kappa shape index (κ3) is 2.67. The molecule has 2 aromatic rings. The molecule has 3 nitrogen and oxygen atoms in total. The van der Waals surface area contributed by atoms with Crippen molar-refractivity contribution >= 4 is 5.69 Å². The van der Waals surface area contributed by atoms with Crippen LogP contribution in [0.25, 0.3) is 0 Å². The number of rotatable bonds is 4. The molecule has 0 aliphatic heterocycles. The van der Waals surface area contributed by atoms with Crippen molar-refractivity contribution in [2.24, 2.45) is 7.05 Å². The summed E-state index contributed by atoms with van der Waals surface area (Å²) < 4.78 is 2.03. The third-order valence-corrected chi connectivity index (χ3v) is 3.11. The Morgan fingerprint density at radius 3 is 2.76 bits per heavy atom. The predicted molar refractivity (Wildman–Crippen MR) is 71.1 cm³/mol. The van der Waals surface area contributed by atoms with E-state index in [1.165, 1.54) is 22.5 Å². The molecule has 0 saturated carbocycles. The van der Waals surface area contributed by atoms with Crippen LogP contribution < -0.4 is 5.32 Å². The Hall–Kier alpha value is -1.77. The van der Waals surface area contributed by atoms with Gasteiger partial charge in [0.1, 0.15) is 0 Å². The van der Waals surface area contributed by atoms with Crippen LogP contribution in [-0.2, 0) is 20.0 Å². The standard InChI is InChI=1S/C14H19N3/c1-4-12-5-6-13(7-11(12)2)16-9-14-8-15-10-17(14)3/h5-8,10,16H,4,9H2,1-3H3. The Labute approximate surface area is 103 Å². The lowest BCUT2D eigenvalue weighted by Gasteiger charge is -2.09. The van der Waals surface area contributed by atoms with Crippen LogP contribution in [0.15, 0.2) is 30.7 Å². The fourth-order valence-electron chi connectivity index (χ4n) is 1.95. The summed E-state index contributed by atoms with van der Waals surface area (Å²) in [4.78, 5) is 4.10. The second kappa shape index (κ2) is 5.04. The number of aromatic nitrogens is 2. The van der Waals surface area contributed by atoms with Crippen LogP contribution in [0.1, 0.15) is 23.7 Å². The van der Waals surface area contributed by atoms with E-state index in [-0.39, 0.29) is 0 Å². The van der Waals surface area contributed by atoms with Gasteiger partial charge in [-0.1, -0.05) is 13.0 Å². The molecule has 2 rings (SSSR count). The summed E-state index contributed by atoms with van der Waals surface area (Å²) in [5.41, 5.74) is 5.11. The van der Waals surface area contributed by atoms with E-state index in [9.17, 15) is 0 Å². The highest BCUT2D eigenvalue weighted by atomic mass is 15.0. The summed E-state index contributed by atoms with van der Waals surface area (Å²) in [6.45, 7) is 5.15. The number of aryl methyl sites for hydroxylation is 3. The van der Waals surface area contributed by atoms with Gasteiger partial charge in [0, 0.05) is 18.9 Å². The minimum Gasteiger partial charge on any atom is -0.379 e. The lowest BCUT2D eigenvalue weighted by Crippen LogP contribution is -2.04. The van der Waals surface area contributed by atoms with Crippen molar-refractivity contribution < 1.29 is 0 Å². The summed E-state index contributed by atoms with van der Waals surface area (Å²) in [5, 5.41) is 3.42. The number of benzene rings is 1. The van der Waals surface area contributed by atoms with Gasteiger partial charge in [-0.3, -0.25) is 0 Å². The third-order valence-electron chi connectivity index (χ3n) is 3.11. The maximum atomic E-state index is 4.10. The van der Waals surface area contributed by atoms with Gasteiger partial charge in [0.05, 0.1) is 18.6 Å². The number of nitrogens with one attached hydrogen (secondary N) is 1. The maximum absolute atomic E-state index is 4.10. The molecule has 0 saturated heterocycles. The van der Waals surface area contributed by atoms with Gasteiger partial charge < -0.3 is 9.88 Å². The SMILES string of the molecule is CCc1ccc(NCc2cncn2C)cc1C. The van der Waals surface area contributed by atoms with Crippen molar-refractivity contribution in [3.8, 4) is 0 Å². The van der Waals surface area contributed by atoms with E-state index in [0.717, 1.165) is 13.0 Å². The number of anilines is 1. The van der Waals surface area contributed by atoms with Crippen LogP contribution in [0.5, 0.6) is 0 Å². The lowest BCUT2D eigenvalue weighted by atomic mass is 10.1. The first-order valence-corrected chi connectivity index (χ1v) is 5.99. The van der Waals surface area contributed by atoms with Gasteiger partial charge in [-0.15, -0.1) is 0 Å². The number of imidazole rings is 1. The monoisotopic (exact) mass is 229 g/mol. The average Bonchev–Trinajstić information content (AvgIpc) is 2.72. The van der Waals surface area contributed by atoms with Gasteiger partial charge >= 0.3 is 0 Å². The Balaban J connectivity index is 2.05. The van der Waals surface area contributed by atoms with Crippen molar-refractivity contribution in [1.82, 2.24) is 9.55 Å². The smallest absolute Gasteiger partial charge is 0.0946 e. The largest absolute Gasteiger partial charge is 0.379 e. The fraction of sp³-hybridized carbons (Fsp3) is 0.357. The number of hydrogen-bond donors (Lipinski definition) is 1. The Morgan fingerprint density at radius 2 is 2.18 bits per heavy atom. The van der Waals surface area contributed by atoms with Gasteiger partial charge in [-0.25, -0.2) is 4.98 Å². The highest BCUT2D eigenvalue weighted by Crippen LogP contribution is 2.16. The fourth-order valence-corrected chi connectivity index (χ4v) is 1.95. The zero-order valence-corrected chi connectivity index (χ0v) is 10.7. The average molecular weight is 229 g/mol. The first kappa shape index (κ1) is 11.7. The van der Waals surface area contributed by atoms with E-state index in [1.807, 2.05) is 24.1 Å². The van der Waals surface area contributed by atoms with Crippen molar-refractivity contribution in [2.45, 2.75) is 26.8 Å². The molecule has 1 N–H and O–H groups in total. The molecule has 1 aromatic heterocycles. The van der Waals surface area contributed by atoms with E-state index < -0.39 is 0 Å². The molecule has 0 spiro atoms. The van der Waals surface area contributed by atoms with Gasteiger partial charge in [0.15, 0.2) is 0 Å². The molecule has 0 aliphatic carbocycles. The van der Waals surface area contributed by atoms with Gasteiger partial charge in [0.2, 0.25) is 0 Å². The molecule has 1 aromatic carbocycles. The minimum atomic E-state index is 0.807. The van der Waals surface area contributed by atoms with Crippen molar-refractivity contribution in [3.05, 3.63) is 47.5 Å². The quantitative estimate of drug-likeness (QED) is 0.873. The number of nitrogens with zero attached hydrogens (tertiary/aromatic N) is 2. The molecule has 1 heterocycles. The van der Waals surface area contributed by atoms with Gasteiger partial charge in [-0.2, -0.15) is 0 Å². The summed E-state index contributed by atoms with van der Waals surface area (Å²) in [6, 6.07) is 6.54. The summed E-state index contributed by atoms with van der Waals surface area (Å²) in [5.74, 6) is 0. The first-order valence-electron chi connectivity index (χ1n) is 5.99. The highest BCUT2D eigenvalue weighted by Gasteiger charge is 2.00. The second-order valence-corrected chi connectivity index (χ2v) is 4.34. The molecule has 0 radical (unpaired) electrons. The van der Waals surface area contributed by atoms with E-state index in [2.05, 4.69) is 42.3 Å². The molecule has 90 valence electrons. The summed E-state index contributed by atoms with van der Waals surface area (Å²) >= 11 is 0. The zero-order valence-electron chi connectivity index (χ0n) is 10.7. The van der Waals surface area contributed by atoms with E-state index in [4.69, 9.17) is 0 Å². The van der Waals surface area contributed by atoms with Crippen molar-refractivity contribution in [2.75, 3.05) is 5.32 Å². The van der Waals surface area contributed by atoms with Gasteiger partial charge in [0.25, 0.3) is 0 Å². The van der Waals surface area contributed by atoms with Crippen LogP contribution in [-0.4, -0.2) is 9.55 Å².